The van der Waals surface area contributed by atoms with Gasteiger partial charge in [-0.3, -0.25) is 4.79 Å². The first-order valence-corrected chi connectivity index (χ1v) is 5.30. The van der Waals surface area contributed by atoms with E-state index in [1.165, 1.54) is 0 Å². The van der Waals surface area contributed by atoms with Crippen LogP contribution in [0.15, 0.2) is 24.3 Å². The molecule has 0 radical (unpaired) electrons. The zero-order chi connectivity index (χ0) is 12.9. The smallest absolute Gasteiger partial charge is 0.341 e. The van der Waals surface area contributed by atoms with Crippen LogP contribution < -0.4 is 4.74 Å². The van der Waals surface area contributed by atoms with Crippen LogP contribution in [0.1, 0.15) is 31.1 Å². The number of carbonyl (C=O) groups is 2. The molecule has 0 N–H and O–H groups in total. The Morgan fingerprint density at radius 1 is 1.29 bits per heavy atom. The van der Waals surface area contributed by atoms with E-state index in [0.717, 1.165) is 0 Å². The van der Waals surface area contributed by atoms with Gasteiger partial charge in [-0.2, -0.15) is 0 Å². The molecule has 92 valence electrons. The SMILES string of the molecule is CC(C)(C)COC(=O)c1ccccc1OC=O. The zero-order valence-electron chi connectivity index (χ0n) is 10.2. The van der Waals surface area contributed by atoms with Gasteiger partial charge in [-0.15, -0.1) is 0 Å². The molecule has 0 atom stereocenters. The average Bonchev–Trinajstić information content (AvgIpc) is 2.26. The molecule has 0 amide bonds. The van der Waals surface area contributed by atoms with Crippen LogP contribution in [-0.4, -0.2) is 19.0 Å². The Bertz CT molecular complexity index is 404. The van der Waals surface area contributed by atoms with Crippen molar-refractivity contribution in [2.45, 2.75) is 20.8 Å². The molecule has 1 aromatic carbocycles. The first-order chi connectivity index (χ1) is 7.94. The van der Waals surface area contributed by atoms with E-state index in [9.17, 15) is 9.59 Å². The third-order valence-electron chi connectivity index (χ3n) is 1.92. The van der Waals surface area contributed by atoms with E-state index in [1.54, 1.807) is 24.3 Å². The van der Waals surface area contributed by atoms with E-state index in [2.05, 4.69) is 0 Å². The second-order valence-electron chi connectivity index (χ2n) is 4.85. The summed E-state index contributed by atoms with van der Waals surface area (Å²) in [7, 11) is 0. The van der Waals surface area contributed by atoms with Gasteiger partial charge in [-0.25, -0.2) is 4.79 Å². The number of hydrogen-bond acceptors (Lipinski definition) is 4. The van der Waals surface area contributed by atoms with E-state index < -0.39 is 5.97 Å². The van der Waals surface area contributed by atoms with Crippen LogP contribution in [0.5, 0.6) is 5.75 Å². The molecule has 0 bridgehead atoms. The fourth-order valence-corrected chi connectivity index (χ4v) is 1.15. The van der Waals surface area contributed by atoms with Crippen molar-refractivity contribution in [1.82, 2.24) is 0 Å². The highest BCUT2D eigenvalue weighted by molar-refractivity contribution is 5.92. The van der Waals surface area contributed by atoms with Crippen molar-refractivity contribution in [2.75, 3.05) is 6.61 Å². The molecule has 0 aliphatic heterocycles. The lowest BCUT2D eigenvalue weighted by molar-refractivity contribution is -0.120. The molecule has 4 nitrogen and oxygen atoms in total. The fourth-order valence-electron chi connectivity index (χ4n) is 1.15. The molecule has 0 saturated heterocycles. The third-order valence-corrected chi connectivity index (χ3v) is 1.92. The lowest BCUT2D eigenvalue weighted by Gasteiger charge is -2.18. The third kappa shape index (κ3) is 4.26. The maximum atomic E-state index is 11.8. The molecule has 0 spiro atoms. The molecule has 0 aliphatic rings. The summed E-state index contributed by atoms with van der Waals surface area (Å²) in [5, 5.41) is 0. The standard InChI is InChI=1S/C13H16O4/c1-13(2,3)8-16-12(15)10-6-4-5-7-11(10)17-9-14/h4-7,9H,8H2,1-3H3. The summed E-state index contributed by atoms with van der Waals surface area (Å²) in [6.07, 6.45) is 0. The van der Waals surface area contributed by atoms with Crippen molar-refractivity contribution in [2.24, 2.45) is 5.41 Å². The van der Waals surface area contributed by atoms with Crippen LogP contribution in [0.25, 0.3) is 0 Å². The molecule has 17 heavy (non-hydrogen) atoms. The van der Waals surface area contributed by atoms with Gasteiger partial charge in [0.05, 0.1) is 6.61 Å². The average molecular weight is 236 g/mol. The van der Waals surface area contributed by atoms with Crippen LogP contribution in [0, 0.1) is 5.41 Å². The topological polar surface area (TPSA) is 52.6 Å². The molecule has 1 rings (SSSR count). The minimum atomic E-state index is -0.489. The molecule has 0 aliphatic carbocycles. The molecule has 1 aromatic rings. The van der Waals surface area contributed by atoms with Crippen LogP contribution >= 0.6 is 0 Å². The fraction of sp³-hybridized carbons (Fsp3) is 0.385. The van der Waals surface area contributed by atoms with Gasteiger partial charge in [-0.1, -0.05) is 32.9 Å². The minimum absolute atomic E-state index is 0.101. The summed E-state index contributed by atoms with van der Waals surface area (Å²) in [4.78, 5) is 22.1. The van der Waals surface area contributed by atoms with Crippen molar-refractivity contribution >= 4 is 12.4 Å². The van der Waals surface area contributed by atoms with Gasteiger partial charge in [0.2, 0.25) is 0 Å². The van der Waals surface area contributed by atoms with Gasteiger partial charge in [0.25, 0.3) is 6.47 Å². The van der Waals surface area contributed by atoms with Gasteiger partial charge in [0, 0.05) is 0 Å². The van der Waals surface area contributed by atoms with Crippen LogP contribution in [0.2, 0.25) is 0 Å². The maximum absolute atomic E-state index is 11.8. The number of benzene rings is 1. The van der Waals surface area contributed by atoms with E-state index in [1.807, 2.05) is 20.8 Å². The van der Waals surface area contributed by atoms with E-state index >= 15 is 0 Å². The lowest BCUT2D eigenvalue weighted by Crippen LogP contribution is -2.18. The predicted molar refractivity (Wildman–Crippen MR) is 62.9 cm³/mol. The molecule has 0 saturated carbocycles. The Morgan fingerprint density at radius 2 is 1.94 bits per heavy atom. The number of para-hydroxylation sites is 1. The monoisotopic (exact) mass is 236 g/mol. The van der Waals surface area contributed by atoms with Crippen molar-refractivity contribution in [3.8, 4) is 5.75 Å². The summed E-state index contributed by atoms with van der Waals surface area (Å²) >= 11 is 0. The molecule has 0 fully saturated rings. The predicted octanol–water partition coefficient (Wildman–Crippen LogP) is 2.42. The number of ether oxygens (including phenoxy) is 2. The van der Waals surface area contributed by atoms with Crippen molar-refractivity contribution in [3.05, 3.63) is 29.8 Å². The molecule has 4 heteroatoms. The Kier molecular flexibility index (Phi) is 4.26. The lowest BCUT2D eigenvalue weighted by atomic mass is 9.99. The van der Waals surface area contributed by atoms with Crippen molar-refractivity contribution < 1.29 is 19.1 Å². The van der Waals surface area contributed by atoms with Crippen LogP contribution in [0.4, 0.5) is 0 Å². The second kappa shape index (κ2) is 5.48. The molecule has 0 unspecified atom stereocenters. The van der Waals surface area contributed by atoms with Crippen LogP contribution in [-0.2, 0) is 9.53 Å². The normalized spacial score (nSPS) is 10.8. The van der Waals surface area contributed by atoms with Crippen molar-refractivity contribution in [1.29, 1.82) is 0 Å². The first kappa shape index (κ1) is 13.2. The number of hydrogen-bond donors (Lipinski definition) is 0. The minimum Gasteiger partial charge on any atom is -0.461 e. The van der Waals surface area contributed by atoms with Gasteiger partial charge in [0.15, 0.2) is 0 Å². The summed E-state index contributed by atoms with van der Waals surface area (Å²) in [6, 6.07) is 6.47. The first-order valence-electron chi connectivity index (χ1n) is 5.30. The second-order valence-corrected chi connectivity index (χ2v) is 4.85. The van der Waals surface area contributed by atoms with Gasteiger partial charge in [0.1, 0.15) is 11.3 Å². The Hall–Kier alpha value is -1.84. The Labute approximate surface area is 101 Å². The van der Waals surface area contributed by atoms with Gasteiger partial charge >= 0.3 is 5.97 Å². The molecular weight excluding hydrogens is 220 g/mol. The Balaban J connectivity index is 2.78. The zero-order valence-corrected chi connectivity index (χ0v) is 10.2. The van der Waals surface area contributed by atoms with E-state index in [0.29, 0.717) is 6.61 Å². The summed E-state index contributed by atoms with van der Waals surface area (Å²) in [6.45, 7) is 6.49. The molecular formula is C13H16O4. The quantitative estimate of drug-likeness (QED) is 0.595. The molecule has 0 aromatic heterocycles. The van der Waals surface area contributed by atoms with Gasteiger partial charge < -0.3 is 9.47 Å². The highest BCUT2D eigenvalue weighted by Gasteiger charge is 2.17. The highest BCUT2D eigenvalue weighted by Crippen LogP contribution is 2.20. The van der Waals surface area contributed by atoms with Crippen LogP contribution in [0.3, 0.4) is 0 Å². The number of carbonyl (C=O) groups excluding carboxylic acids is 2. The van der Waals surface area contributed by atoms with Crippen molar-refractivity contribution in [3.63, 3.8) is 0 Å². The number of rotatable bonds is 4. The molecule has 0 heterocycles. The van der Waals surface area contributed by atoms with E-state index in [-0.39, 0.29) is 23.2 Å². The summed E-state index contributed by atoms with van der Waals surface area (Å²) in [5.74, 6) is -0.279. The van der Waals surface area contributed by atoms with Gasteiger partial charge in [-0.05, 0) is 17.5 Å². The van der Waals surface area contributed by atoms with E-state index in [4.69, 9.17) is 9.47 Å². The number of esters is 1. The highest BCUT2D eigenvalue weighted by atomic mass is 16.5. The maximum Gasteiger partial charge on any atom is 0.341 e. The summed E-state index contributed by atoms with van der Waals surface area (Å²) < 4.78 is 9.85. The Morgan fingerprint density at radius 3 is 2.53 bits per heavy atom. The largest absolute Gasteiger partial charge is 0.461 e. The summed E-state index contributed by atoms with van der Waals surface area (Å²) in [5.41, 5.74) is 0.152.